The van der Waals surface area contributed by atoms with Crippen molar-refractivity contribution in [3.05, 3.63) is 35.6 Å². The minimum atomic E-state index is -0.230. The molecule has 1 saturated heterocycles. The Kier molecular flexibility index (Phi) is 2.47. The van der Waals surface area contributed by atoms with Crippen LogP contribution in [0.5, 0.6) is 0 Å². The van der Waals surface area contributed by atoms with E-state index in [1.165, 1.54) is 12.1 Å². The fourth-order valence-electron chi connectivity index (χ4n) is 1.90. The lowest BCUT2D eigenvalue weighted by molar-refractivity contribution is 0.608. The van der Waals surface area contributed by atoms with Crippen molar-refractivity contribution < 1.29 is 4.39 Å². The third-order valence-electron chi connectivity index (χ3n) is 2.66. The summed E-state index contributed by atoms with van der Waals surface area (Å²) in [6.07, 6.45) is 0. The van der Waals surface area contributed by atoms with Crippen LogP contribution in [0.4, 0.5) is 4.39 Å². The van der Waals surface area contributed by atoms with Gasteiger partial charge in [0.05, 0.1) is 12.0 Å². The van der Waals surface area contributed by atoms with E-state index in [-0.39, 0.29) is 17.7 Å². The predicted molar refractivity (Wildman–Crippen MR) is 51.1 cm³/mol. The van der Waals surface area contributed by atoms with Crippen molar-refractivity contribution in [2.45, 2.75) is 5.92 Å². The molecule has 1 aromatic carbocycles. The van der Waals surface area contributed by atoms with Crippen molar-refractivity contribution in [1.29, 1.82) is 5.26 Å². The van der Waals surface area contributed by atoms with Gasteiger partial charge in [0.2, 0.25) is 0 Å². The van der Waals surface area contributed by atoms with Crippen LogP contribution in [-0.2, 0) is 0 Å². The maximum Gasteiger partial charge on any atom is 0.123 e. The van der Waals surface area contributed by atoms with Crippen LogP contribution in [0.2, 0.25) is 0 Å². The summed E-state index contributed by atoms with van der Waals surface area (Å²) in [7, 11) is 0. The quantitative estimate of drug-likeness (QED) is 0.731. The normalized spacial score (nSPS) is 26.0. The van der Waals surface area contributed by atoms with E-state index in [0.717, 1.165) is 12.1 Å². The van der Waals surface area contributed by atoms with Gasteiger partial charge in [-0.3, -0.25) is 0 Å². The molecule has 1 aliphatic heterocycles. The van der Waals surface area contributed by atoms with Crippen molar-refractivity contribution in [2.75, 3.05) is 13.1 Å². The molecule has 72 valence electrons. The Morgan fingerprint density at radius 2 is 2.29 bits per heavy atom. The van der Waals surface area contributed by atoms with Gasteiger partial charge >= 0.3 is 0 Å². The Bertz CT molecular complexity index is 370. The Morgan fingerprint density at radius 1 is 1.43 bits per heavy atom. The second-order valence-corrected chi connectivity index (χ2v) is 3.56. The number of hydrogen-bond donors (Lipinski definition) is 1. The first kappa shape index (κ1) is 9.17. The number of benzene rings is 1. The topological polar surface area (TPSA) is 35.8 Å². The Labute approximate surface area is 82.4 Å². The highest BCUT2D eigenvalue weighted by molar-refractivity contribution is 5.25. The van der Waals surface area contributed by atoms with Crippen LogP contribution < -0.4 is 5.32 Å². The van der Waals surface area contributed by atoms with Crippen LogP contribution in [0.1, 0.15) is 11.5 Å². The fraction of sp³-hybridized carbons (Fsp3) is 0.364. The zero-order valence-corrected chi connectivity index (χ0v) is 7.70. The molecule has 0 radical (unpaired) electrons. The lowest BCUT2D eigenvalue weighted by Gasteiger charge is -2.12. The van der Waals surface area contributed by atoms with E-state index in [4.69, 9.17) is 5.26 Å². The predicted octanol–water partition coefficient (Wildman–Crippen LogP) is 1.65. The van der Waals surface area contributed by atoms with Crippen molar-refractivity contribution in [3.8, 4) is 6.07 Å². The monoisotopic (exact) mass is 190 g/mol. The molecular formula is C11H11FN2. The third kappa shape index (κ3) is 1.61. The van der Waals surface area contributed by atoms with Gasteiger partial charge in [-0.15, -0.1) is 0 Å². The third-order valence-corrected chi connectivity index (χ3v) is 2.66. The summed E-state index contributed by atoms with van der Waals surface area (Å²) in [4.78, 5) is 0. The number of nitrogens with zero attached hydrogens (tertiary/aromatic N) is 1. The molecular weight excluding hydrogens is 179 g/mol. The molecule has 0 saturated carbocycles. The van der Waals surface area contributed by atoms with Gasteiger partial charge in [0, 0.05) is 19.0 Å². The second-order valence-electron chi connectivity index (χ2n) is 3.56. The molecule has 1 aromatic rings. The van der Waals surface area contributed by atoms with E-state index < -0.39 is 0 Å². The van der Waals surface area contributed by atoms with E-state index in [2.05, 4.69) is 11.4 Å². The van der Waals surface area contributed by atoms with Gasteiger partial charge in [0.1, 0.15) is 5.82 Å². The fourth-order valence-corrected chi connectivity index (χ4v) is 1.90. The molecule has 14 heavy (non-hydrogen) atoms. The molecule has 2 nitrogen and oxygen atoms in total. The Hall–Kier alpha value is -1.40. The molecule has 0 aromatic heterocycles. The number of hydrogen-bond acceptors (Lipinski definition) is 2. The largest absolute Gasteiger partial charge is 0.315 e. The van der Waals surface area contributed by atoms with Gasteiger partial charge in [-0.1, -0.05) is 12.1 Å². The summed E-state index contributed by atoms with van der Waals surface area (Å²) < 4.78 is 12.9. The van der Waals surface area contributed by atoms with Crippen LogP contribution in [0, 0.1) is 23.1 Å². The maximum absolute atomic E-state index is 12.9. The summed E-state index contributed by atoms with van der Waals surface area (Å²) in [6.45, 7) is 1.47. The zero-order chi connectivity index (χ0) is 9.97. The van der Waals surface area contributed by atoms with Crippen molar-refractivity contribution in [2.24, 2.45) is 5.92 Å². The van der Waals surface area contributed by atoms with Crippen molar-refractivity contribution in [1.82, 2.24) is 5.32 Å². The minimum absolute atomic E-state index is 0.0307. The second kappa shape index (κ2) is 3.77. The molecule has 0 aliphatic carbocycles. The highest BCUT2D eigenvalue weighted by Crippen LogP contribution is 2.27. The molecule has 0 bridgehead atoms. The highest BCUT2D eigenvalue weighted by Gasteiger charge is 2.28. The molecule has 1 heterocycles. The van der Waals surface area contributed by atoms with Crippen LogP contribution in [0.15, 0.2) is 24.3 Å². The van der Waals surface area contributed by atoms with E-state index in [9.17, 15) is 4.39 Å². The van der Waals surface area contributed by atoms with Crippen LogP contribution in [0.3, 0.4) is 0 Å². The van der Waals surface area contributed by atoms with Crippen LogP contribution in [0.25, 0.3) is 0 Å². The Balaban J connectivity index is 2.27. The molecule has 0 amide bonds. The highest BCUT2D eigenvalue weighted by atomic mass is 19.1. The first-order valence-corrected chi connectivity index (χ1v) is 4.67. The maximum atomic E-state index is 12.9. The minimum Gasteiger partial charge on any atom is -0.315 e. The average Bonchev–Trinajstić information content (AvgIpc) is 2.65. The molecule has 1 aliphatic rings. The van der Waals surface area contributed by atoms with Crippen molar-refractivity contribution in [3.63, 3.8) is 0 Å². The van der Waals surface area contributed by atoms with Gasteiger partial charge in [-0.2, -0.15) is 5.26 Å². The first-order chi connectivity index (χ1) is 6.81. The van der Waals surface area contributed by atoms with Gasteiger partial charge in [0.25, 0.3) is 0 Å². The zero-order valence-electron chi connectivity index (χ0n) is 7.70. The number of nitriles is 1. The summed E-state index contributed by atoms with van der Waals surface area (Å²) in [5.41, 5.74) is 0.918. The van der Waals surface area contributed by atoms with Gasteiger partial charge < -0.3 is 5.32 Å². The average molecular weight is 190 g/mol. The SMILES string of the molecule is N#CC1CNCC1c1cccc(F)c1. The van der Waals surface area contributed by atoms with E-state index >= 15 is 0 Å². The summed E-state index contributed by atoms with van der Waals surface area (Å²) in [5.74, 6) is -0.126. The lowest BCUT2D eigenvalue weighted by atomic mass is 9.90. The van der Waals surface area contributed by atoms with Crippen LogP contribution in [-0.4, -0.2) is 13.1 Å². The summed E-state index contributed by atoms with van der Waals surface area (Å²) in [5, 5.41) is 12.0. The lowest BCUT2D eigenvalue weighted by Crippen LogP contribution is -2.08. The van der Waals surface area contributed by atoms with Crippen molar-refractivity contribution >= 4 is 0 Å². The summed E-state index contributed by atoms with van der Waals surface area (Å²) in [6, 6.07) is 8.76. The van der Waals surface area contributed by atoms with Crippen LogP contribution >= 0.6 is 0 Å². The molecule has 1 N–H and O–H groups in total. The van der Waals surface area contributed by atoms with E-state index in [0.29, 0.717) is 6.54 Å². The smallest absolute Gasteiger partial charge is 0.123 e. The summed E-state index contributed by atoms with van der Waals surface area (Å²) >= 11 is 0. The van der Waals surface area contributed by atoms with Gasteiger partial charge in [0.15, 0.2) is 0 Å². The standard InChI is InChI=1S/C11H11FN2/c12-10-3-1-2-8(4-10)11-7-14-6-9(11)5-13/h1-4,9,11,14H,6-7H2. The first-order valence-electron chi connectivity index (χ1n) is 4.67. The molecule has 2 unspecified atom stereocenters. The molecule has 3 heteroatoms. The number of nitrogens with one attached hydrogen (secondary N) is 1. The molecule has 0 spiro atoms. The molecule has 1 fully saturated rings. The number of rotatable bonds is 1. The number of halogens is 1. The Morgan fingerprint density at radius 3 is 3.00 bits per heavy atom. The molecule has 2 atom stereocenters. The van der Waals surface area contributed by atoms with Gasteiger partial charge in [-0.05, 0) is 17.7 Å². The van der Waals surface area contributed by atoms with E-state index in [1.54, 1.807) is 6.07 Å². The van der Waals surface area contributed by atoms with E-state index in [1.807, 2.05) is 6.07 Å². The van der Waals surface area contributed by atoms with Gasteiger partial charge in [-0.25, -0.2) is 4.39 Å². The molecule has 2 rings (SSSR count).